The van der Waals surface area contributed by atoms with E-state index in [4.69, 9.17) is 4.52 Å². The first-order valence-corrected chi connectivity index (χ1v) is 9.81. The van der Waals surface area contributed by atoms with Gasteiger partial charge in [0.15, 0.2) is 0 Å². The number of carbonyl (C=O) groups excluding carboxylic acids is 1. The van der Waals surface area contributed by atoms with Crippen molar-refractivity contribution in [3.8, 4) is 11.4 Å². The molecule has 0 saturated carbocycles. The fraction of sp³-hybridized carbons (Fsp3) is 0.273. The molecule has 1 aliphatic heterocycles. The van der Waals surface area contributed by atoms with Crippen molar-refractivity contribution in [2.24, 2.45) is 7.05 Å². The van der Waals surface area contributed by atoms with E-state index >= 15 is 0 Å². The van der Waals surface area contributed by atoms with Crippen molar-refractivity contribution < 1.29 is 9.32 Å². The van der Waals surface area contributed by atoms with Gasteiger partial charge in [-0.25, -0.2) is 4.79 Å². The van der Waals surface area contributed by atoms with Gasteiger partial charge >= 0.3 is 5.69 Å². The van der Waals surface area contributed by atoms with E-state index in [1.165, 1.54) is 5.56 Å². The maximum atomic E-state index is 12.6. The lowest BCUT2D eigenvalue weighted by molar-refractivity contribution is -0.117. The second kappa shape index (κ2) is 6.69. The molecule has 1 unspecified atom stereocenters. The Bertz CT molecular complexity index is 1350. The summed E-state index contributed by atoms with van der Waals surface area (Å²) in [6, 6.07) is 11.6. The van der Waals surface area contributed by atoms with Gasteiger partial charge in [0.25, 0.3) is 0 Å². The van der Waals surface area contributed by atoms with Crippen molar-refractivity contribution >= 4 is 22.6 Å². The summed E-state index contributed by atoms with van der Waals surface area (Å²) in [5, 5.41) is 4.10. The zero-order valence-corrected chi connectivity index (χ0v) is 17.0. The Morgan fingerprint density at radius 3 is 2.73 bits per heavy atom. The van der Waals surface area contributed by atoms with E-state index in [0.29, 0.717) is 30.2 Å². The van der Waals surface area contributed by atoms with E-state index in [1.807, 2.05) is 43.3 Å². The van der Waals surface area contributed by atoms with E-state index in [1.54, 1.807) is 16.5 Å². The van der Waals surface area contributed by atoms with Gasteiger partial charge in [0.2, 0.25) is 17.6 Å². The number of imidazole rings is 1. The minimum Gasteiger partial charge on any atom is -0.339 e. The zero-order chi connectivity index (χ0) is 21.0. The number of aromatic amines is 1. The van der Waals surface area contributed by atoms with Crippen molar-refractivity contribution in [1.82, 2.24) is 19.7 Å². The van der Waals surface area contributed by atoms with Crippen molar-refractivity contribution in [3.05, 3.63) is 63.9 Å². The van der Waals surface area contributed by atoms with Crippen LogP contribution in [0.25, 0.3) is 22.4 Å². The summed E-state index contributed by atoms with van der Waals surface area (Å²) in [4.78, 5) is 33.5. The van der Waals surface area contributed by atoms with Crippen LogP contribution >= 0.6 is 0 Å². The largest absolute Gasteiger partial charge is 0.339 e. The van der Waals surface area contributed by atoms with Gasteiger partial charge < -0.3 is 14.4 Å². The van der Waals surface area contributed by atoms with Gasteiger partial charge in [0.05, 0.1) is 17.0 Å². The molecular weight excluding hydrogens is 382 g/mol. The van der Waals surface area contributed by atoms with Crippen molar-refractivity contribution in [1.29, 1.82) is 0 Å². The average Bonchev–Trinajstić information content (AvgIpc) is 3.42. The Morgan fingerprint density at radius 1 is 1.10 bits per heavy atom. The molecule has 4 aromatic rings. The van der Waals surface area contributed by atoms with Gasteiger partial charge in [0.1, 0.15) is 0 Å². The molecule has 8 nitrogen and oxygen atoms in total. The van der Waals surface area contributed by atoms with Crippen molar-refractivity contribution in [2.45, 2.75) is 26.2 Å². The first kappa shape index (κ1) is 18.4. The summed E-state index contributed by atoms with van der Waals surface area (Å²) in [5.74, 6) is 0.784. The quantitative estimate of drug-likeness (QED) is 0.567. The molecule has 2 aromatic carbocycles. The highest BCUT2D eigenvalue weighted by molar-refractivity contribution is 5.96. The highest BCUT2D eigenvalue weighted by atomic mass is 16.5. The molecule has 1 saturated heterocycles. The summed E-state index contributed by atoms with van der Waals surface area (Å²) in [6.07, 6.45) is 0.333. The first-order chi connectivity index (χ1) is 14.4. The number of hydrogen-bond donors (Lipinski definition) is 1. The van der Waals surface area contributed by atoms with E-state index in [0.717, 1.165) is 22.3 Å². The summed E-state index contributed by atoms with van der Waals surface area (Å²) in [7, 11) is 1.71. The van der Waals surface area contributed by atoms with Crippen LogP contribution in [0.15, 0.2) is 45.7 Å². The highest BCUT2D eigenvalue weighted by Crippen LogP contribution is 2.33. The minimum absolute atomic E-state index is 0.0475. The number of hydrogen-bond acceptors (Lipinski definition) is 5. The highest BCUT2D eigenvalue weighted by Gasteiger charge is 2.35. The van der Waals surface area contributed by atoms with Crippen molar-refractivity contribution in [3.63, 3.8) is 0 Å². The lowest BCUT2D eigenvalue weighted by Crippen LogP contribution is -2.24. The molecule has 3 heterocycles. The maximum Gasteiger partial charge on any atom is 0.326 e. The Labute approximate surface area is 172 Å². The molecule has 30 heavy (non-hydrogen) atoms. The molecule has 1 amide bonds. The SMILES string of the molecule is Cc1ccc(N2CC(c3nc(-c4ccc5c(c4)[nH]c(=O)n5C)no3)CC2=O)cc1C. The fourth-order valence-electron chi connectivity index (χ4n) is 3.91. The number of nitrogens with zero attached hydrogens (tertiary/aromatic N) is 4. The topological polar surface area (TPSA) is 97.0 Å². The van der Waals surface area contributed by atoms with Gasteiger partial charge in [0, 0.05) is 31.3 Å². The Morgan fingerprint density at radius 2 is 1.93 bits per heavy atom. The molecule has 152 valence electrons. The van der Waals surface area contributed by atoms with Crippen LogP contribution in [0.2, 0.25) is 0 Å². The number of anilines is 1. The fourth-order valence-corrected chi connectivity index (χ4v) is 3.91. The van der Waals surface area contributed by atoms with Crippen LogP contribution < -0.4 is 10.6 Å². The summed E-state index contributed by atoms with van der Waals surface area (Å²) in [6.45, 7) is 4.60. The zero-order valence-electron chi connectivity index (χ0n) is 17.0. The van der Waals surface area contributed by atoms with Crippen molar-refractivity contribution in [2.75, 3.05) is 11.4 Å². The van der Waals surface area contributed by atoms with E-state index < -0.39 is 0 Å². The molecule has 1 fully saturated rings. The summed E-state index contributed by atoms with van der Waals surface area (Å²) >= 11 is 0. The number of carbonyl (C=O) groups is 1. The number of H-pyrrole nitrogens is 1. The maximum absolute atomic E-state index is 12.6. The first-order valence-electron chi connectivity index (χ1n) is 9.81. The molecule has 1 atom stereocenters. The predicted molar refractivity (Wildman–Crippen MR) is 112 cm³/mol. The number of nitrogens with one attached hydrogen (secondary N) is 1. The number of benzene rings is 2. The number of aromatic nitrogens is 4. The second-order valence-electron chi connectivity index (χ2n) is 7.85. The van der Waals surface area contributed by atoms with E-state index in [-0.39, 0.29) is 17.5 Å². The lowest BCUT2D eigenvalue weighted by atomic mass is 10.1. The van der Waals surface area contributed by atoms with Crippen LogP contribution in [0.1, 0.15) is 29.4 Å². The summed E-state index contributed by atoms with van der Waals surface area (Å²) < 4.78 is 7.05. The van der Waals surface area contributed by atoms with Gasteiger partial charge in [-0.15, -0.1) is 0 Å². The van der Waals surface area contributed by atoms with Crippen LogP contribution in [0.5, 0.6) is 0 Å². The normalized spacial score (nSPS) is 16.7. The number of aryl methyl sites for hydroxylation is 3. The van der Waals surface area contributed by atoms with Gasteiger partial charge in [-0.2, -0.15) is 4.98 Å². The van der Waals surface area contributed by atoms with Crippen LogP contribution in [0, 0.1) is 13.8 Å². The minimum atomic E-state index is -0.174. The number of rotatable bonds is 3. The Kier molecular flexibility index (Phi) is 4.09. The van der Waals surface area contributed by atoms with E-state index in [2.05, 4.69) is 22.0 Å². The second-order valence-corrected chi connectivity index (χ2v) is 7.85. The van der Waals surface area contributed by atoms with Crippen LogP contribution in [-0.4, -0.2) is 32.1 Å². The molecule has 0 radical (unpaired) electrons. The van der Waals surface area contributed by atoms with Crippen LogP contribution in [0.4, 0.5) is 5.69 Å². The molecule has 0 spiro atoms. The predicted octanol–water partition coefficient (Wildman–Crippen LogP) is 3.05. The Hall–Kier alpha value is -3.68. The molecule has 5 rings (SSSR count). The van der Waals surface area contributed by atoms with Crippen LogP contribution in [0.3, 0.4) is 0 Å². The third-order valence-corrected chi connectivity index (χ3v) is 5.88. The lowest BCUT2D eigenvalue weighted by Gasteiger charge is -2.17. The molecule has 1 N–H and O–H groups in total. The smallest absolute Gasteiger partial charge is 0.326 e. The molecule has 2 aromatic heterocycles. The third kappa shape index (κ3) is 2.92. The van der Waals surface area contributed by atoms with Gasteiger partial charge in [-0.1, -0.05) is 11.2 Å². The molecule has 8 heteroatoms. The monoisotopic (exact) mass is 403 g/mol. The molecular formula is C22H21N5O3. The third-order valence-electron chi connectivity index (χ3n) is 5.88. The van der Waals surface area contributed by atoms with E-state index in [9.17, 15) is 9.59 Å². The van der Waals surface area contributed by atoms with Gasteiger partial charge in [-0.05, 0) is 55.3 Å². The average molecular weight is 403 g/mol. The van der Waals surface area contributed by atoms with Gasteiger partial charge in [-0.3, -0.25) is 9.36 Å². The molecule has 0 aliphatic carbocycles. The number of fused-ring (bicyclic) bond motifs is 1. The molecule has 0 bridgehead atoms. The van der Waals surface area contributed by atoms with Crippen LogP contribution in [-0.2, 0) is 11.8 Å². The Balaban J connectivity index is 1.41. The summed E-state index contributed by atoms with van der Waals surface area (Å²) in [5.41, 5.74) is 5.32. The number of amides is 1. The molecule has 1 aliphatic rings. The standard InChI is InChI=1S/C22H21N5O3/c1-12-4-6-16(8-13(12)2)27-11-15(10-19(27)28)21-24-20(25-30-21)14-5-7-18-17(9-14)23-22(29)26(18)3/h4-9,15H,10-11H2,1-3H3,(H,23,29).